The number of benzene rings is 1. The SMILES string of the molecule is CCC#Cc1ccc2c(cnn2PI)c1Cl. The normalized spacial score (nSPS) is 10.9. The van der Waals surface area contributed by atoms with Crippen LogP contribution < -0.4 is 0 Å². The smallest absolute Gasteiger partial charge is 0.0745 e. The van der Waals surface area contributed by atoms with Crippen LogP contribution in [0.1, 0.15) is 18.9 Å². The van der Waals surface area contributed by atoms with Crippen molar-refractivity contribution < 1.29 is 0 Å². The molecule has 1 atom stereocenters. The highest BCUT2D eigenvalue weighted by atomic mass is 127. The molecule has 1 heterocycles. The monoisotopic (exact) mass is 362 g/mol. The summed E-state index contributed by atoms with van der Waals surface area (Å²) in [5.41, 5.74) is 1.95. The van der Waals surface area contributed by atoms with E-state index in [2.05, 4.69) is 39.0 Å². The Bertz CT molecular complexity index is 583. The summed E-state index contributed by atoms with van der Waals surface area (Å²) in [6, 6.07) is 3.99. The second-order valence-corrected chi connectivity index (χ2v) is 5.57. The largest absolute Gasteiger partial charge is 0.237 e. The molecule has 0 N–H and O–H groups in total. The van der Waals surface area contributed by atoms with Gasteiger partial charge >= 0.3 is 0 Å². The average molecular weight is 363 g/mol. The van der Waals surface area contributed by atoms with E-state index in [1.54, 1.807) is 6.20 Å². The zero-order valence-electron chi connectivity index (χ0n) is 8.59. The molecule has 0 amide bonds. The molecule has 0 aliphatic rings. The summed E-state index contributed by atoms with van der Waals surface area (Å²) in [7, 11) is 0. The van der Waals surface area contributed by atoms with Gasteiger partial charge in [-0.15, -0.1) is 0 Å². The number of nitrogens with zero attached hydrogens (tertiary/aromatic N) is 2. The van der Waals surface area contributed by atoms with Crippen molar-refractivity contribution >= 4 is 50.9 Å². The van der Waals surface area contributed by atoms with Crippen molar-refractivity contribution in [1.29, 1.82) is 0 Å². The zero-order valence-corrected chi connectivity index (χ0v) is 12.5. The van der Waals surface area contributed by atoms with Crippen LogP contribution in [0.3, 0.4) is 0 Å². The quantitative estimate of drug-likeness (QED) is 0.421. The molecule has 5 heteroatoms. The summed E-state index contributed by atoms with van der Waals surface area (Å²) in [4.78, 5) is 0. The number of hydrogen-bond acceptors (Lipinski definition) is 1. The van der Waals surface area contributed by atoms with Crippen molar-refractivity contribution in [3.05, 3.63) is 28.9 Å². The molecular weight excluding hydrogens is 353 g/mol. The van der Waals surface area contributed by atoms with Crippen LogP contribution >= 0.6 is 40.0 Å². The number of rotatable bonds is 1. The Kier molecular flexibility index (Phi) is 4.07. The minimum absolute atomic E-state index is 0.583. The topological polar surface area (TPSA) is 17.8 Å². The highest BCUT2D eigenvalue weighted by Crippen LogP contribution is 2.32. The Hall–Kier alpha value is -0.300. The van der Waals surface area contributed by atoms with E-state index in [1.165, 1.54) is 0 Å². The number of hydrogen-bond donors (Lipinski definition) is 0. The van der Waals surface area contributed by atoms with E-state index in [4.69, 9.17) is 11.6 Å². The van der Waals surface area contributed by atoms with Crippen molar-refractivity contribution in [2.24, 2.45) is 0 Å². The highest BCUT2D eigenvalue weighted by molar-refractivity contribution is 14.2. The fourth-order valence-corrected chi connectivity index (χ4v) is 3.21. The molecular formula is C11H9ClIN2P. The summed E-state index contributed by atoms with van der Waals surface area (Å²) >= 11 is 8.59. The van der Waals surface area contributed by atoms with Crippen LogP contribution in [0, 0.1) is 11.8 Å². The van der Waals surface area contributed by atoms with E-state index in [0.29, 0.717) is 11.4 Å². The van der Waals surface area contributed by atoms with Gasteiger partial charge in [0, 0.05) is 17.4 Å². The minimum Gasteiger partial charge on any atom is -0.237 e. The predicted molar refractivity (Wildman–Crippen MR) is 79.6 cm³/mol. The van der Waals surface area contributed by atoms with Crippen LogP contribution in [0.2, 0.25) is 5.02 Å². The molecule has 1 unspecified atom stereocenters. The fraction of sp³-hybridized carbons (Fsp3) is 0.182. The molecule has 0 fully saturated rings. The van der Waals surface area contributed by atoms with Gasteiger partial charge in [0.05, 0.1) is 23.1 Å². The molecule has 1 aromatic heterocycles. The van der Waals surface area contributed by atoms with Gasteiger partial charge in [0.1, 0.15) is 0 Å². The van der Waals surface area contributed by atoms with Crippen molar-refractivity contribution in [1.82, 2.24) is 9.55 Å². The van der Waals surface area contributed by atoms with Crippen LogP contribution in [0.4, 0.5) is 0 Å². The molecule has 0 aliphatic carbocycles. The van der Waals surface area contributed by atoms with Crippen LogP contribution in [0.5, 0.6) is 0 Å². The van der Waals surface area contributed by atoms with E-state index in [1.807, 2.05) is 23.5 Å². The summed E-state index contributed by atoms with van der Waals surface area (Å²) < 4.78 is 1.94. The lowest BCUT2D eigenvalue weighted by atomic mass is 10.1. The minimum atomic E-state index is 0.583. The second kappa shape index (κ2) is 5.35. The van der Waals surface area contributed by atoms with Crippen LogP contribution in [-0.2, 0) is 0 Å². The molecule has 2 rings (SSSR count). The molecule has 0 bridgehead atoms. The second-order valence-electron chi connectivity index (χ2n) is 3.16. The molecule has 0 spiro atoms. The molecule has 2 aromatic rings. The fourth-order valence-electron chi connectivity index (χ4n) is 1.42. The first-order valence-corrected chi connectivity index (χ1v) is 9.23. The number of aromatic nitrogens is 2. The van der Waals surface area contributed by atoms with E-state index in [0.717, 1.165) is 22.9 Å². The highest BCUT2D eigenvalue weighted by Gasteiger charge is 2.08. The average Bonchev–Trinajstić information content (AvgIpc) is 2.72. The molecule has 0 saturated heterocycles. The Balaban J connectivity index is 2.62. The van der Waals surface area contributed by atoms with E-state index >= 15 is 0 Å². The Morgan fingerprint density at radius 3 is 3.06 bits per heavy atom. The van der Waals surface area contributed by atoms with Gasteiger partial charge in [0.25, 0.3) is 0 Å². The van der Waals surface area contributed by atoms with Gasteiger partial charge in [-0.05, 0) is 34.2 Å². The summed E-state index contributed by atoms with van der Waals surface area (Å²) in [6.07, 6.45) is 3.23. The van der Waals surface area contributed by atoms with E-state index < -0.39 is 0 Å². The molecule has 0 radical (unpaired) electrons. The maximum Gasteiger partial charge on any atom is 0.0745 e. The van der Waals surface area contributed by atoms with E-state index in [9.17, 15) is 0 Å². The Morgan fingerprint density at radius 2 is 2.38 bits per heavy atom. The number of halogens is 2. The molecule has 16 heavy (non-hydrogen) atoms. The number of fused-ring (bicyclic) bond motifs is 1. The van der Waals surface area contributed by atoms with Gasteiger partial charge in [0.15, 0.2) is 0 Å². The summed E-state index contributed by atoms with van der Waals surface area (Å²) in [5, 5.41) is 5.97. The predicted octanol–water partition coefficient (Wildman–Crippen LogP) is 4.24. The third kappa shape index (κ3) is 2.20. The Labute approximate surface area is 114 Å². The van der Waals surface area contributed by atoms with Crippen molar-refractivity contribution in [2.45, 2.75) is 13.3 Å². The van der Waals surface area contributed by atoms with E-state index in [-0.39, 0.29) is 0 Å². The first kappa shape index (κ1) is 12.2. The summed E-state index contributed by atoms with van der Waals surface area (Å²) in [6.45, 7) is 2.02. The molecule has 1 aromatic carbocycles. The van der Waals surface area contributed by atoms with Gasteiger partial charge < -0.3 is 0 Å². The van der Waals surface area contributed by atoms with Crippen molar-refractivity contribution in [3.8, 4) is 11.8 Å². The van der Waals surface area contributed by atoms with Crippen molar-refractivity contribution in [3.63, 3.8) is 0 Å². The maximum absolute atomic E-state index is 6.29. The van der Waals surface area contributed by atoms with Crippen LogP contribution in [-0.4, -0.2) is 9.55 Å². The van der Waals surface area contributed by atoms with Gasteiger partial charge in [-0.1, -0.05) is 30.4 Å². The van der Waals surface area contributed by atoms with Gasteiger partial charge in [-0.2, -0.15) is 5.10 Å². The lowest BCUT2D eigenvalue weighted by Crippen LogP contribution is -1.83. The Morgan fingerprint density at radius 1 is 1.56 bits per heavy atom. The molecule has 0 saturated carbocycles. The summed E-state index contributed by atoms with van der Waals surface area (Å²) in [5.74, 6) is 6.09. The van der Waals surface area contributed by atoms with Gasteiger partial charge in [-0.25, -0.2) is 4.45 Å². The van der Waals surface area contributed by atoms with Gasteiger partial charge in [-0.3, -0.25) is 0 Å². The van der Waals surface area contributed by atoms with Crippen LogP contribution in [0.25, 0.3) is 10.9 Å². The lowest BCUT2D eigenvalue weighted by molar-refractivity contribution is 1.04. The first-order valence-electron chi connectivity index (χ1n) is 4.79. The maximum atomic E-state index is 6.29. The molecule has 0 aliphatic heterocycles. The first-order chi connectivity index (χ1) is 7.77. The zero-order chi connectivity index (χ0) is 11.5. The van der Waals surface area contributed by atoms with Crippen LogP contribution in [0.15, 0.2) is 18.3 Å². The molecule has 82 valence electrons. The third-order valence-corrected chi connectivity index (χ3v) is 4.46. The van der Waals surface area contributed by atoms with Gasteiger partial charge in [0.2, 0.25) is 0 Å². The molecule has 2 nitrogen and oxygen atoms in total. The third-order valence-electron chi connectivity index (χ3n) is 2.17. The standard InChI is InChI=1S/C11H9ClIN2P/c1-2-3-4-8-5-6-10-9(11(8)12)7-14-15(10)16-13/h5-7,16H,2H2,1H3. The van der Waals surface area contributed by atoms with Crippen molar-refractivity contribution in [2.75, 3.05) is 0 Å². The lowest BCUT2D eigenvalue weighted by Gasteiger charge is -2.00.